The lowest BCUT2D eigenvalue weighted by Crippen LogP contribution is -2.53. The Bertz CT molecular complexity index is 1350. The van der Waals surface area contributed by atoms with E-state index in [1.54, 1.807) is 43.3 Å². The van der Waals surface area contributed by atoms with Crippen molar-refractivity contribution in [3.8, 4) is 0 Å². The van der Waals surface area contributed by atoms with E-state index in [0.29, 0.717) is 17.1 Å². The van der Waals surface area contributed by atoms with Crippen LogP contribution in [0.4, 0.5) is 5.69 Å². The molecule has 9 heteroatoms. The first-order chi connectivity index (χ1) is 18.5. The summed E-state index contributed by atoms with van der Waals surface area (Å²) in [4.78, 5) is 28.4. The van der Waals surface area contributed by atoms with Crippen LogP contribution in [-0.4, -0.2) is 50.3 Å². The van der Waals surface area contributed by atoms with Crippen molar-refractivity contribution in [2.75, 3.05) is 17.4 Å². The van der Waals surface area contributed by atoms with Crippen LogP contribution < -0.4 is 9.62 Å². The van der Waals surface area contributed by atoms with E-state index >= 15 is 0 Å². The van der Waals surface area contributed by atoms with Crippen molar-refractivity contribution >= 4 is 39.1 Å². The summed E-state index contributed by atoms with van der Waals surface area (Å²) in [5.41, 5.74) is 2.22. The summed E-state index contributed by atoms with van der Waals surface area (Å²) in [5, 5.41) is 3.38. The number of sulfonamides is 1. The van der Waals surface area contributed by atoms with Crippen LogP contribution in [0.3, 0.4) is 0 Å². The van der Waals surface area contributed by atoms with Crippen molar-refractivity contribution in [1.29, 1.82) is 0 Å². The highest BCUT2D eigenvalue weighted by atomic mass is 35.5. The van der Waals surface area contributed by atoms with Crippen molar-refractivity contribution < 1.29 is 18.0 Å². The van der Waals surface area contributed by atoms with Gasteiger partial charge in [-0.15, -0.1) is 0 Å². The molecular weight excluding hydrogens is 534 g/mol. The van der Waals surface area contributed by atoms with Gasteiger partial charge in [0.05, 0.1) is 10.6 Å². The molecule has 2 atom stereocenters. The van der Waals surface area contributed by atoms with E-state index in [0.717, 1.165) is 21.9 Å². The Morgan fingerprint density at radius 3 is 2.13 bits per heavy atom. The molecule has 3 aromatic carbocycles. The molecule has 0 saturated heterocycles. The summed E-state index contributed by atoms with van der Waals surface area (Å²) in [6.45, 7) is 7.17. The van der Waals surface area contributed by atoms with E-state index in [1.165, 1.54) is 17.0 Å². The molecule has 2 amide bonds. The fourth-order valence-corrected chi connectivity index (χ4v) is 5.55. The maximum atomic E-state index is 13.9. The predicted octanol–water partition coefficient (Wildman–Crippen LogP) is 5.22. The first-order valence-corrected chi connectivity index (χ1v) is 14.8. The summed E-state index contributed by atoms with van der Waals surface area (Å²) in [7, 11) is -4.11. The lowest BCUT2D eigenvalue weighted by atomic mass is 10.1. The molecule has 0 spiro atoms. The number of hydrogen-bond donors (Lipinski definition) is 1. The van der Waals surface area contributed by atoms with E-state index in [2.05, 4.69) is 5.32 Å². The molecule has 1 N–H and O–H groups in total. The van der Waals surface area contributed by atoms with Gasteiger partial charge in [0.2, 0.25) is 11.8 Å². The molecule has 0 radical (unpaired) electrons. The normalized spacial score (nSPS) is 12.8. The second-order valence-electron chi connectivity index (χ2n) is 9.62. The third-order valence-corrected chi connectivity index (χ3v) is 8.70. The highest BCUT2D eigenvalue weighted by Gasteiger charge is 2.32. The molecule has 3 aromatic rings. The van der Waals surface area contributed by atoms with Crippen LogP contribution in [-0.2, 0) is 26.0 Å². The van der Waals surface area contributed by atoms with Gasteiger partial charge in [0.25, 0.3) is 10.0 Å². The van der Waals surface area contributed by atoms with Crippen LogP contribution in [0.5, 0.6) is 0 Å². The number of rotatable bonds is 12. The predicted molar refractivity (Wildman–Crippen MR) is 156 cm³/mol. The Labute approximate surface area is 236 Å². The molecule has 0 unspecified atom stereocenters. The third-order valence-electron chi connectivity index (χ3n) is 6.65. The lowest BCUT2D eigenvalue weighted by molar-refractivity contribution is -0.139. The summed E-state index contributed by atoms with van der Waals surface area (Å²) in [5.74, 6) is -0.770. The second-order valence-corrected chi connectivity index (χ2v) is 11.9. The number of halogens is 1. The first-order valence-electron chi connectivity index (χ1n) is 13.0. The number of amides is 2. The number of carbonyl (C=O) groups is 2. The number of nitrogens with zero attached hydrogens (tertiary/aromatic N) is 2. The van der Waals surface area contributed by atoms with Crippen molar-refractivity contribution in [1.82, 2.24) is 10.2 Å². The van der Waals surface area contributed by atoms with Gasteiger partial charge in [-0.1, -0.05) is 66.6 Å². The highest BCUT2D eigenvalue weighted by molar-refractivity contribution is 7.92. The van der Waals surface area contributed by atoms with Crippen molar-refractivity contribution in [2.24, 2.45) is 0 Å². The number of benzene rings is 3. The molecule has 0 aliphatic heterocycles. The molecule has 39 heavy (non-hydrogen) atoms. The SMILES string of the molecule is CC[C@@H](C)NC(=O)[C@@H](C)N(CCc1ccccc1)C(=O)CN(c1ccc(Cl)cc1)S(=O)(=O)c1ccc(C)cc1. The first kappa shape index (κ1) is 30.2. The minimum Gasteiger partial charge on any atom is -0.352 e. The summed E-state index contributed by atoms with van der Waals surface area (Å²) < 4.78 is 28.7. The quantitative estimate of drug-likeness (QED) is 0.324. The Morgan fingerprint density at radius 2 is 1.54 bits per heavy atom. The standard InChI is InChI=1S/C30H36ClN3O4S/c1-5-23(3)32-30(36)24(4)33(20-19-25-9-7-6-8-10-25)29(35)21-34(27-15-13-26(31)14-16-27)39(37,38)28-17-11-22(2)12-18-28/h6-18,23-24H,5,19-21H2,1-4H3,(H,32,36)/t23-,24-/m1/s1. The highest BCUT2D eigenvalue weighted by Crippen LogP contribution is 2.26. The van der Waals surface area contributed by atoms with Crippen molar-refractivity contribution in [2.45, 2.75) is 57.5 Å². The summed E-state index contributed by atoms with van der Waals surface area (Å²) in [6.07, 6.45) is 1.26. The maximum Gasteiger partial charge on any atom is 0.264 e. The van der Waals surface area contributed by atoms with Crippen LogP contribution in [0, 0.1) is 6.92 Å². The maximum absolute atomic E-state index is 13.9. The Kier molecular flexibility index (Phi) is 10.5. The third kappa shape index (κ3) is 8.07. The Balaban J connectivity index is 1.96. The van der Waals surface area contributed by atoms with Crippen LogP contribution >= 0.6 is 11.6 Å². The van der Waals surface area contributed by atoms with Crippen molar-refractivity contribution in [3.63, 3.8) is 0 Å². The molecule has 7 nitrogen and oxygen atoms in total. The van der Waals surface area contributed by atoms with Gasteiger partial charge in [-0.2, -0.15) is 0 Å². The zero-order valence-electron chi connectivity index (χ0n) is 22.8. The van der Waals surface area contributed by atoms with Gasteiger partial charge >= 0.3 is 0 Å². The van der Waals surface area contributed by atoms with E-state index in [4.69, 9.17) is 11.6 Å². The molecule has 0 bridgehead atoms. The zero-order chi connectivity index (χ0) is 28.6. The number of carbonyl (C=O) groups excluding carboxylic acids is 2. The average Bonchev–Trinajstić information content (AvgIpc) is 2.93. The molecule has 0 saturated carbocycles. The van der Waals surface area contributed by atoms with Crippen LogP contribution in [0.2, 0.25) is 5.02 Å². The lowest BCUT2D eigenvalue weighted by Gasteiger charge is -2.32. The van der Waals surface area contributed by atoms with E-state index in [9.17, 15) is 18.0 Å². The average molecular weight is 570 g/mol. The van der Waals surface area contributed by atoms with Gasteiger partial charge in [0.1, 0.15) is 12.6 Å². The van der Waals surface area contributed by atoms with Gasteiger partial charge < -0.3 is 10.2 Å². The number of aryl methyl sites for hydroxylation is 1. The number of anilines is 1. The van der Waals surface area contributed by atoms with Gasteiger partial charge in [-0.25, -0.2) is 8.42 Å². The van der Waals surface area contributed by atoms with Gasteiger partial charge in [0.15, 0.2) is 0 Å². The largest absolute Gasteiger partial charge is 0.352 e. The van der Waals surface area contributed by atoms with Crippen molar-refractivity contribution in [3.05, 3.63) is 95.0 Å². The molecule has 3 rings (SSSR count). The van der Waals surface area contributed by atoms with Gasteiger partial charge in [-0.3, -0.25) is 13.9 Å². The minimum atomic E-state index is -4.11. The molecule has 0 fully saturated rings. The molecule has 0 aliphatic carbocycles. The monoisotopic (exact) mass is 569 g/mol. The number of hydrogen-bond acceptors (Lipinski definition) is 4. The summed E-state index contributed by atoms with van der Waals surface area (Å²) >= 11 is 6.06. The van der Waals surface area contributed by atoms with E-state index < -0.39 is 28.5 Å². The zero-order valence-corrected chi connectivity index (χ0v) is 24.4. The minimum absolute atomic E-state index is 0.0569. The van der Waals surface area contributed by atoms with Gasteiger partial charge in [-0.05, 0) is 75.6 Å². The molecule has 0 heterocycles. The van der Waals surface area contributed by atoms with Crippen LogP contribution in [0.1, 0.15) is 38.3 Å². The Hall–Kier alpha value is -3.36. The molecule has 0 aliphatic rings. The molecular formula is C30H36ClN3O4S. The fraction of sp³-hybridized carbons (Fsp3) is 0.333. The molecule has 208 valence electrons. The molecule has 0 aromatic heterocycles. The van der Waals surface area contributed by atoms with Gasteiger partial charge in [0, 0.05) is 17.6 Å². The fourth-order valence-electron chi connectivity index (χ4n) is 4.01. The smallest absolute Gasteiger partial charge is 0.264 e. The van der Waals surface area contributed by atoms with Crippen LogP contribution in [0.15, 0.2) is 83.8 Å². The Morgan fingerprint density at radius 1 is 0.923 bits per heavy atom. The topological polar surface area (TPSA) is 86.8 Å². The second kappa shape index (κ2) is 13.6. The van der Waals surface area contributed by atoms with E-state index in [1.807, 2.05) is 51.1 Å². The van der Waals surface area contributed by atoms with Crippen LogP contribution in [0.25, 0.3) is 0 Å². The number of nitrogens with one attached hydrogen (secondary N) is 1. The van der Waals surface area contributed by atoms with E-state index in [-0.39, 0.29) is 23.4 Å². The summed E-state index contributed by atoms with van der Waals surface area (Å²) in [6, 6.07) is 21.5.